The lowest BCUT2D eigenvalue weighted by Gasteiger charge is -2.27. The van der Waals surface area contributed by atoms with Gasteiger partial charge in [-0.25, -0.2) is 13.1 Å². The Bertz CT molecular complexity index is 1990. The van der Waals surface area contributed by atoms with Crippen molar-refractivity contribution in [1.82, 2.24) is 19.0 Å². The number of imide groups is 1. The maximum atomic E-state index is 13.9. The first kappa shape index (κ1) is 29.9. The van der Waals surface area contributed by atoms with Gasteiger partial charge in [0, 0.05) is 36.0 Å². The van der Waals surface area contributed by atoms with Gasteiger partial charge in [0.25, 0.3) is 11.8 Å². The minimum Gasteiger partial charge on any atom is -0.379 e. The normalized spacial score (nSPS) is 17.2. The van der Waals surface area contributed by atoms with E-state index in [4.69, 9.17) is 9.84 Å². The number of hydrogen-bond acceptors (Lipinski definition) is 7. The number of morpholine rings is 1. The number of amides is 2. The first-order chi connectivity index (χ1) is 21.8. The molecule has 11 heteroatoms. The molecule has 1 fully saturated rings. The molecule has 3 heterocycles. The van der Waals surface area contributed by atoms with Gasteiger partial charge in [-0.2, -0.15) is 14.7 Å². The molecule has 4 aromatic rings. The molecule has 0 aliphatic carbocycles. The summed E-state index contributed by atoms with van der Waals surface area (Å²) in [5.41, 5.74) is 3.27. The van der Waals surface area contributed by atoms with Crippen molar-refractivity contribution in [1.29, 1.82) is 5.26 Å². The van der Waals surface area contributed by atoms with Crippen LogP contribution in [0.25, 0.3) is 23.0 Å². The summed E-state index contributed by atoms with van der Waals surface area (Å²) in [6.07, 6.45) is 3.36. The van der Waals surface area contributed by atoms with Crippen LogP contribution in [0.2, 0.25) is 0 Å². The average molecular weight is 620 g/mol. The van der Waals surface area contributed by atoms with Crippen LogP contribution in [0.3, 0.4) is 0 Å². The summed E-state index contributed by atoms with van der Waals surface area (Å²) in [5.74, 6) is -1.19. The molecule has 0 unspecified atom stereocenters. The molecule has 0 saturated carbocycles. The molecule has 226 valence electrons. The fourth-order valence-corrected chi connectivity index (χ4v) is 6.82. The molecular weight excluding hydrogens is 590 g/mol. The van der Waals surface area contributed by atoms with Crippen LogP contribution in [-0.2, 0) is 30.9 Å². The molecule has 0 spiro atoms. The lowest BCUT2D eigenvalue weighted by molar-refractivity contribution is -0.141. The number of rotatable bonds is 7. The summed E-state index contributed by atoms with van der Waals surface area (Å²) in [6, 6.07) is 27.0. The lowest BCUT2D eigenvalue weighted by atomic mass is 9.93. The van der Waals surface area contributed by atoms with Crippen LogP contribution in [0.4, 0.5) is 0 Å². The summed E-state index contributed by atoms with van der Waals surface area (Å²) >= 11 is 0. The van der Waals surface area contributed by atoms with Gasteiger partial charge in [-0.05, 0) is 48.4 Å². The van der Waals surface area contributed by atoms with Crippen LogP contribution in [-0.4, -0.2) is 65.5 Å². The second-order valence-electron chi connectivity index (χ2n) is 10.6. The van der Waals surface area contributed by atoms with Gasteiger partial charge in [-0.15, -0.1) is 0 Å². The molecule has 2 aliphatic rings. The number of carbonyl (C=O) groups excluding carboxylic acids is 2. The molecule has 2 aliphatic heterocycles. The number of para-hydroxylation sites is 1. The summed E-state index contributed by atoms with van der Waals surface area (Å²) in [7, 11) is -3.79. The molecule has 2 amide bonds. The number of ether oxygens (including phenoxy) is 1. The van der Waals surface area contributed by atoms with Gasteiger partial charge in [-0.3, -0.25) is 14.5 Å². The largest absolute Gasteiger partial charge is 0.379 e. The summed E-state index contributed by atoms with van der Waals surface area (Å²) in [4.78, 5) is 28.3. The van der Waals surface area contributed by atoms with Gasteiger partial charge in [0.15, 0.2) is 0 Å². The number of sulfonamides is 1. The fraction of sp³-hybridized carbons (Fsp3) is 0.176. The van der Waals surface area contributed by atoms with Gasteiger partial charge in [0.1, 0.15) is 17.3 Å². The Labute approximate surface area is 261 Å². The second-order valence-corrected chi connectivity index (χ2v) is 12.5. The Hall–Kier alpha value is -5.15. The van der Waals surface area contributed by atoms with Crippen LogP contribution in [0.5, 0.6) is 0 Å². The van der Waals surface area contributed by atoms with Crippen molar-refractivity contribution in [3.05, 3.63) is 119 Å². The van der Waals surface area contributed by atoms with Crippen LogP contribution < -0.4 is 0 Å². The molecule has 1 saturated heterocycles. The van der Waals surface area contributed by atoms with Crippen molar-refractivity contribution in [2.75, 3.05) is 26.3 Å². The van der Waals surface area contributed by atoms with Crippen LogP contribution in [0.1, 0.15) is 18.1 Å². The summed E-state index contributed by atoms with van der Waals surface area (Å²) in [6.45, 7) is 2.77. The van der Waals surface area contributed by atoms with Gasteiger partial charge in [0.05, 0.1) is 30.3 Å². The Morgan fingerprint density at radius 2 is 1.62 bits per heavy atom. The zero-order valence-corrected chi connectivity index (χ0v) is 25.3. The third-order valence-corrected chi connectivity index (χ3v) is 9.68. The third kappa shape index (κ3) is 5.86. The molecule has 0 bridgehead atoms. The molecule has 45 heavy (non-hydrogen) atoms. The van der Waals surface area contributed by atoms with E-state index >= 15 is 0 Å². The Kier molecular flexibility index (Phi) is 8.28. The summed E-state index contributed by atoms with van der Waals surface area (Å²) < 4.78 is 35.4. The van der Waals surface area contributed by atoms with E-state index in [9.17, 15) is 23.3 Å². The SMILES string of the molecule is CC1=C(C#N)C(=O)N(Cc2ccccc2)C(=O)/C1=C/c1cn(-c2ccccc2)nc1-c1cccc(S(=O)(=O)N2CCOCC2)c1. The molecular formula is C34H29N5O5S. The van der Waals surface area contributed by atoms with Crippen molar-refractivity contribution in [2.24, 2.45) is 0 Å². The van der Waals surface area contributed by atoms with Gasteiger partial charge < -0.3 is 4.74 Å². The zero-order chi connectivity index (χ0) is 31.6. The van der Waals surface area contributed by atoms with E-state index in [1.807, 2.05) is 54.6 Å². The second kappa shape index (κ2) is 12.5. The predicted octanol–water partition coefficient (Wildman–Crippen LogP) is 4.35. The average Bonchev–Trinajstić information content (AvgIpc) is 3.51. The summed E-state index contributed by atoms with van der Waals surface area (Å²) in [5, 5.41) is 14.7. The monoisotopic (exact) mass is 619 g/mol. The molecule has 10 nitrogen and oxygen atoms in total. The Morgan fingerprint density at radius 3 is 2.31 bits per heavy atom. The van der Waals surface area contributed by atoms with Crippen molar-refractivity contribution in [3.63, 3.8) is 0 Å². The Morgan fingerprint density at radius 1 is 0.933 bits per heavy atom. The fourth-order valence-electron chi connectivity index (χ4n) is 5.36. The lowest BCUT2D eigenvalue weighted by Crippen LogP contribution is -2.42. The maximum absolute atomic E-state index is 13.9. The maximum Gasteiger partial charge on any atom is 0.271 e. The first-order valence-corrected chi connectivity index (χ1v) is 15.8. The highest BCUT2D eigenvalue weighted by Gasteiger charge is 2.36. The minimum atomic E-state index is -3.79. The molecule has 0 radical (unpaired) electrons. The molecule has 0 atom stereocenters. The number of carbonyl (C=O) groups is 2. The van der Waals surface area contributed by atoms with Gasteiger partial charge in [0.2, 0.25) is 10.0 Å². The van der Waals surface area contributed by atoms with Crippen LogP contribution in [0, 0.1) is 11.3 Å². The highest BCUT2D eigenvalue weighted by atomic mass is 32.2. The van der Waals surface area contributed by atoms with Gasteiger partial charge in [-0.1, -0.05) is 60.7 Å². The van der Waals surface area contributed by atoms with Crippen molar-refractivity contribution < 1.29 is 22.7 Å². The topological polar surface area (TPSA) is 126 Å². The zero-order valence-electron chi connectivity index (χ0n) is 24.5. The van der Waals surface area contributed by atoms with E-state index in [1.54, 1.807) is 60.3 Å². The molecule has 0 N–H and O–H groups in total. The van der Waals surface area contributed by atoms with E-state index < -0.39 is 21.8 Å². The van der Waals surface area contributed by atoms with Gasteiger partial charge >= 0.3 is 0 Å². The number of hydrogen-bond donors (Lipinski definition) is 0. The van der Waals surface area contributed by atoms with E-state index in [2.05, 4.69) is 0 Å². The van der Waals surface area contributed by atoms with E-state index in [1.165, 1.54) is 4.31 Å². The van der Waals surface area contributed by atoms with Crippen molar-refractivity contribution in [2.45, 2.75) is 18.4 Å². The number of nitrogens with zero attached hydrogens (tertiary/aromatic N) is 5. The molecule has 6 rings (SSSR count). The number of aromatic nitrogens is 2. The van der Waals surface area contributed by atoms with Crippen molar-refractivity contribution in [3.8, 4) is 23.0 Å². The highest BCUT2D eigenvalue weighted by molar-refractivity contribution is 7.89. The minimum absolute atomic E-state index is 0.00584. The van der Waals surface area contributed by atoms with Crippen LogP contribution in [0.15, 0.2) is 113 Å². The van der Waals surface area contributed by atoms with E-state index in [0.717, 1.165) is 16.2 Å². The first-order valence-electron chi connectivity index (χ1n) is 14.3. The molecule has 3 aromatic carbocycles. The predicted molar refractivity (Wildman–Crippen MR) is 167 cm³/mol. The number of nitriles is 1. The third-order valence-electron chi connectivity index (χ3n) is 7.79. The van der Waals surface area contributed by atoms with Crippen LogP contribution >= 0.6 is 0 Å². The van der Waals surface area contributed by atoms with Crippen molar-refractivity contribution >= 4 is 27.9 Å². The van der Waals surface area contributed by atoms with E-state index in [-0.39, 0.29) is 41.2 Å². The smallest absolute Gasteiger partial charge is 0.271 e. The quantitative estimate of drug-likeness (QED) is 0.222. The molecule has 1 aromatic heterocycles. The standard InChI is InChI=1S/C34H29N5O5S/c1-24-30(33(40)38(34(41)31(24)21-35)22-25-9-4-2-5-10-25)20-27-23-39(28-12-6-3-7-13-28)36-32(27)26-11-8-14-29(19-26)45(42,43)37-15-17-44-18-16-37/h2-14,19-20,23H,15-18,22H2,1H3/b30-20+. The highest BCUT2D eigenvalue weighted by Crippen LogP contribution is 2.33. The Balaban J connectivity index is 1.48. The number of benzene rings is 3. The van der Waals surface area contributed by atoms with E-state index in [0.29, 0.717) is 30.0 Å².